The molecule has 0 aliphatic heterocycles. The molecule has 0 aliphatic rings. The van der Waals surface area contributed by atoms with Crippen molar-refractivity contribution in [3.05, 3.63) is 17.6 Å². The topological polar surface area (TPSA) is 82.8 Å². The van der Waals surface area contributed by atoms with E-state index in [1.807, 2.05) is 20.0 Å². The molecule has 6 nitrogen and oxygen atoms in total. The number of nitrogens with zero attached hydrogens (tertiary/aromatic N) is 4. The van der Waals surface area contributed by atoms with Crippen molar-refractivity contribution < 1.29 is 4.52 Å². The van der Waals surface area contributed by atoms with Crippen LogP contribution >= 0.6 is 0 Å². The van der Waals surface area contributed by atoms with E-state index in [9.17, 15) is 0 Å². The number of rotatable bonds is 4. The van der Waals surface area contributed by atoms with Crippen LogP contribution in [-0.4, -0.2) is 19.9 Å². The Balaban J connectivity index is 2.26. The van der Waals surface area contributed by atoms with Crippen molar-refractivity contribution in [3.63, 3.8) is 0 Å². The van der Waals surface area contributed by atoms with Crippen LogP contribution in [0.25, 0.3) is 11.6 Å². The molecule has 17 heavy (non-hydrogen) atoms. The molecule has 1 unspecified atom stereocenters. The van der Waals surface area contributed by atoms with Crippen molar-refractivity contribution in [1.29, 1.82) is 0 Å². The minimum atomic E-state index is -0.160. The van der Waals surface area contributed by atoms with Crippen molar-refractivity contribution in [2.24, 2.45) is 12.8 Å². The standard InChI is InChI=1S/C11H17N5O/c1-4-5-8(12)10-13-11(17-15-10)9-6-7(2)14-16(9)3/h6,8H,4-5,12H2,1-3H3. The second kappa shape index (κ2) is 4.67. The molecule has 0 bridgehead atoms. The molecule has 0 spiro atoms. The van der Waals surface area contributed by atoms with E-state index < -0.39 is 0 Å². The Morgan fingerprint density at radius 2 is 2.29 bits per heavy atom. The van der Waals surface area contributed by atoms with Gasteiger partial charge in [0.15, 0.2) is 5.82 Å². The highest BCUT2D eigenvalue weighted by molar-refractivity contribution is 5.47. The number of aromatic nitrogens is 4. The minimum absolute atomic E-state index is 0.160. The van der Waals surface area contributed by atoms with Crippen molar-refractivity contribution >= 4 is 0 Å². The van der Waals surface area contributed by atoms with Gasteiger partial charge in [-0.2, -0.15) is 10.1 Å². The molecule has 2 aromatic heterocycles. The quantitative estimate of drug-likeness (QED) is 0.869. The maximum absolute atomic E-state index is 5.93. The zero-order chi connectivity index (χ0) is 12.4. The van der Waals surface area contributed by atoms with Gasteiger partial charge in [0.2, 0.25) is 0 Å². The lowest BCUT2D eigenvalue weighted by atomic mass is 10.2. The molecule has 0 amide bonds. The first-order valence-corrected chi connectivity index (χ1v) is 5.72. The second-order valence-electron chi connectivity index (χ2n) is 4.15. The summed E-state index contributed by atoms with van der Waals surface area (Å²) in [5.74, 6) is 1.02. The maximum Gasteiger partial charge on any atom is 0.276 e. The summed E-state index contributed by atoms with van der Waals surface area (Å²) in [7, 11) is 1.85. The van der Waals surface area contributed by atoms with Crippen LogP contribution in [0.1, 0.15) is 37.3 Å². The molecule has 2 aromatic rings. The third-order valence-electron chi connectivity index (χ3n) is 2.59. The molecule has 2 N–H and O–H groups in total. The predicted molar refractivity (Wildman–Crippen MR) is 63.1 cm³/mol. The second-order valence-corrected chi connectivity index (χ2v) is 4.15. The molecule has 6 heteroatoms. The molecule has 0 saturated carbocycles. The highest BCUT2D eigenvalue weighted by atomic mass is 16.5. The van der Waals surface area contributed by atoms with Crippen LogP contribution in [-0.2, 0) is 7.05 Å². The van der Waals surface area contributed by atoms with E-state index in [-0.39, 0.29) is 6.04 Å². The fourth-order valence-corrected chi connectivity index (χ4v) is 1.74. The number of aryl methyl sites for hydroxylation is 2. The molecular formula is C11H17N5O. The van der Waals surface area contributed by atoms with Gasteiger partial charge in [0, 0.05) is 7.05 Å². The summed E-state index contributed by atoms with van der Waals surface area (Å²) in [5.41, 5.74) is 7.66. The molecule has 0 fully saturated rings. The molecule has 0 aliphatic carbocycles. The average molecular weight is 235 g/mol. The number of hydrogen-bond acceptors (Lipinski definition) is 5. The van der Waals surface area contributed by atoms with Gasteiger partial charge in [0.05, 0.1) is 11.7 Å². The van der Waals surface area contributed by atoms with Gasteiger partial charge in [0.1, 0.15) is 5.69 Å². The first-order valence-electron chi connectivity index (χ1n) is 5.72. The van der Waals surface area contributed by atoms with Crippen LogP contribution in [0.3, 0.4) is 0 Å². The molecule has 0 aromatic carbocycles. The first kappa shape index (κ1) is 11.8. The number of hydrogen-bond donors (Lipinski definition) is 1. The summed E-state index contributed by atoms with van der Waals surface area (Å²) < 4.78 is 6.93. The zero-order valence-corrected chi connectivity index (χ0v) is 10.3. The van der Waals surface area contributed by atoms with Crippen molar-refractivity contribution in [3.8, 4) is 11.6 Å². The monoisotopic (exact) mass is 235 g/mol. The van der Waals surface area contributed by atoms with E-state index in [4.69, 9.17) is 10.3 Å². The molecule has 0 saturated heterocycles. The Morgan fingerprint density at radius 3 is 2.88 bits per heavy atom. The van der Waals surface area contributed by atoms with E-state index in [1.54, 1.807) is 4.68 Å². The van der Waals surface area contributed by atoms with E-state index in [1.165, 1.54) is 0 Å². The summed E-state index contributed by atoms with van der Waals surface area (Å²) in [6.45, 7) is 3.99. The number of nitrogens with two attached hydrogens (primary N) is 1. The third-order valence-corrected chi connectivity index (χ3v) is 2.59. The fraction of sp³-hybridized carbons (Fsp3) is 0.545. The summed E-state index contributed by atoms with van der Waals surface area (Å²) in [5, 5.41) is 8.14. The molecular weight excluding hydrogens is 218 g/mol. The lowest BCUT2D eigenvalue weighted by molar-refractivity contribution is 0.410. The maximum atomic E-state index is 5.93. The molecule has 0 radical (unpaired) electrons. The largest absolute Gasteiger partial charge is 0.332 e. The summed E-state index contributed by atoms with van der Waals surface area (Å²) in [6, 6.07) is 1.75. The van der Waals surface area contributed by atoms with Gasteiger partial charge < -0.3 is 10.3 Å². The SMILES string of the molecule is CCCC(N)c1noc(-c2cc(C)nn2C)n1. The fourth-order valence-electron chi connectivity index (χ4n) is 1.74. The van der Waals surface area contributed by atoms with Crippen LogP contribution < -0.4 is 5.73 Å². The molecule has 92 valence electrons. The van der Waals surface area contributed by atoms with Crippen molar-refractivity contribution in [1.82, 2.24) is 19.9 Å². The Morgan fingerprint density at radius 1 is 1.53 bits per heavy atom. The lowest BCUT2D eigenvalue weighted by Gasteiger charge is -2.02. The molecule has 1 atom stereocenters. The van der Waals surface area contributed by atoms with Gasteiger partial charge in [-0.15, -0.1) is 0 Å². The van der Waals surface area contributed by atoms with Crippen molar-refractivity contribution in [2.45, 2.75) is 32.7 Å². The van der Waals surface area contributed by atoms with Crippen LogP contribution in [0.2, 0.25) is 0 Å². The average Bonchev–Trinajstić information content (AvgIpc) is 2.85. The minimum Gasteiger partial charge on any atom is -0.332 e. The Labute approximate surface area is 99.8 Å². The lowest BCUT2D eigenvalue weighted by Crippen LogP contribution is -2.11. The third kappa shape index (κ3) is 2.36. The van der Waals surface area contributed by atoms with E-state index in [0.29, 0.717) is 11.7 Å². The smallest absolute Gasteiger partial charge is 0.276 e. The van der Waals surface area contributed by atoms with Gasteiger partial charge >= 0.3 is 0 Å². The van der Waals surface area contributed by atoms with Gasteiger partial charge in [-0.25, -0.2) is 0 Å². The Kier molecular flexibility index (Phi) is 3.23. The molecule has 2 rings (SSSR count). The summed E-state index contributed by atoms with van der Waals surface area (Å²) in [6.07, 6.45) is 1.85. The van der Waals surface area contributed by atoms with Gasteiger partial charge in [-0.05, 0) is 19.4 Å². The highest BCUT2D eigenvalue weighted by Gasteiger charge is 2.17. The zero-order valence-electron chi connectivity index (χ0n) is 10.3. The normalized spacial score (nSPS) is 12.9. The van der Waals surface area contributed by atoms with Gasteiger partial charge in [0.25, 0.3) is 5.89 Å². The van der Waals surface area contributed by atoms with Gasteiger partial charge in [-0.3, -0.25) is 4.68 Å². The van der Waals surface area contributed by atoms with Crippen LogP contribution in [0, 0.1) is 6.92 Å². The van der Waals surface area contributed by atoms with Crippen molar-refractivity contribution in [2.75, 3.05) is 0 Å². The predicted octanol–water partition coefficient (Wildman–Crippen LogP) is 1.58. The van der Waals surface area contributed by atoms with E-state index in [0.717, 1.165) is 24.2 Å². The summed E-state index contributed by atoms with van der Waals surface area (Å²) >= 11 is 0. The van der Waals surface area contributed by atoms with Crippen LogP contribution in [0.4, 0.5) is 0 Å². The van der Waals surface area contributed by atoms with Gasteiger partial charge in [-0.1, -0.05) is 18.5 Å². The van der Waals surface area contributed by atoms with E-state index in [2.05, 4.69) is 22.2 Å². The summed E-state index contributed by atoms with van der Waals surface area (Å²) in [4.78, 5) is 4.31. The highest BCUT2D eigenvalue weighted by Crippen LogP contribution is 2.20. The van der Waals surface area contributed by atoms with E-state index >= 15 is 0 Å². The Hall–Kier alpha value is -1.69. The first-order chi connectivity index (χ1) is 8.11. The van der Waals surface area contributed by atoms with Crippen LogP contribution in [0.5, 0.6) is 0 Å². The Bertz CT molecular complexity index is 502. The molecule has 2 heterocycles. The van der Waals surface area contributed by atoms with Crippen LogP contribution in [0.15, 0.2) is 10.6 Å².